The van der Waals surface area contributed by atoms with Gasteiger partial charge in [-0.1, -0.05) is 6.92 Å². The molecule has 0 radical (unpaired) electrons. The number of aromatic nitrogens is 4. The van der Waals surface area contributed by atoms with Crippen LogP contribution >= 0.6 is 0 Å². The van der Waals surface area contributed by atoms with E-state index in [4.69, 9.17) is 0 Å². The lowest BCUT2D eigenvalue weighted by atomic mass is 10.3. The molecule has 2 N–H and O–H groups in total. The molecular weight excluding hydrogens is 222 g/mol. The Morgan fingerprint density at radius 2 is 2.12 bits per heavy atom. The van der Waals surface area contributed by atoms with Crippen molar-refractivity contribution in [3.63, 3.8) is 0 Å². The fourth-order valence-electron chi connectivity index (χ4n) is 1.38. The lowest BCUT2D eigenvalue weighted by Crippen LogP contribution is -2.19. The number of H-pyrrole nitrogens is 1. The Hall–Kier alpha value is -2.18. The minimum absolute atomic E-state index is 0.175. The van der Waals surface area contributed by atoms with Crippen LogP contribution in [0.15, 0.2) is 4.79 Å². The number of nitrogens with zero attached hydrogens (tertiary/aromatic N) is 3. The van der Waals surface area contributed by atoms with Gasteiger partial charge in [0.15, 0.2) is 0 Å². The van der Waals surface area contributed by atoms with E-state index in [-0.39, 0.29) is 23.2 Å². The van der Waals surface area contributed by atoms with Gasteiger partial charge in [-0.05, 0) is 13.8 Å². The number of anilines is 1. The van der Waals surface area contributed by atoms with Gasteiger partial charge in [0.25, 0.3) is 11.3 Å². The highest BCUT2D eigenvalue weighted by Gasteiger charge is 2.10. The first kappa shape index (κ1) is 11.3. The molecule has 7 nitrogen and oxygen atoms in total. The van der Waals surface area contributed by atoms with Gasteiger partial charge in [0.05, 0.1) is 0 Å². The summed E-state index contributed by atoms with van der Waals surface area (Å²) in [7, 11) is 0. The number of rotatable bonds is 2. The minimum atomic E-state index is -0.211. The highest BCUT2D eigenvalue weighted by molar-refractivity contribution is 5.88. The van der Waals surface area contributed by atoms with Crippen LogP contribution in [0.1, 0.15) is 24.6 Å². The molecule has 0 aliphatic carbocycles. The smallest absolute Gasteiger partial charge is 0.277 e. The molecule has 1 amide bonds. The van der Waals surface area contributed by atoms with Crippen molar-refractivity contribution < 1.29 is 4.79 Å². The first-order chi connectivity index (χ1) is 8.02. The lowest BCUT2D eigenvalue weighted by molar-refractivity contribution is -0.115. The molecule has 90 valence electrons. The van der Waals surface area contributed by atoms with Crippen molar-refractivity contribution in [2.75, 3.05) is 5.32 Å². The third kappa shape index (κ3) is 1.91. The summed E-state index contributed by atoms with van der Waals surface area (Å²) in [6.07, 6.45) is 0.345. The Morgan fingerprint density at radius 3 is 2.76 bits per heavy atom. The third-order valence-electron chi connectivity index (χ3n) is 2.54. The number of carbonyl (C=O) groups is 1. The first-order valence-corrected chi connectivity index (χ1v) is 5.28. The Balaban J connectivity index is 2.55. The maximum absolute atomic E-state index is 11.9. The predicted molar refractivity (Wildman–Crippen MR) is 62.0 cm³/mol. The van der Waals surface area contributed by atoms with Crippen LogP contribution < -0.4 is 10.9 Å². The van der Waals surface area contributed by atoms with E-state index in [0.29, 0.717) is 17.7 Å². The van der Waals surface area contributed by atoms with Gasteiger partial charge in [-0.3, -0.25) is 20.0 Å². The average Bonchev–Trinajstić information content (AvgIpc) is 2.68. The summed E-state index contributed by atoms with van der Waals surface area (Å²) in [5, 5.41) is 5.24. The number of amides is 1. The number of carbonyl (C=O) groups excluding carboxylic acids is 1. The van der Waals surface area contributed by atoms with E-state index in [9.17, 15) is 9.59 Å². The predicted octanol–water partition coefficient (Wildman–Crippen LogP) is 0.383. The van der Waals surface area contributed by atoms with Crippen molar-refractivity contribution in [3.05, 3.63) is 21.6 Å². The zero-order valence-corrected chi connectivity index (χ0v) is 9.87. The van der Waals surface area contributed by atoms with Gasteiger partial charge in [0.1, 0.15) is 0 Å². The van der Waals surface area contributed by atoms with Crippen LogP contribution in [0.25, 0.3) is 5.78 Å². The SMILES string of the molecule is CCC(=O)Nc1nc2nc(C)c(C)c(=O)n2[nH]1. The number of nitrogens with one attached hydrogen (secondary N) is 2. The van der Waals surface area contributed by atoms with Crippen LogP contribution in [0, 0.1) is 13.8 Å². The standard InChI is InChI=1S/C10H13N5O2/c1-4-7(16)12-9-13-10-11-6(3)5(2)8(17)15(10)14-9/h4H2,1-3H3,(H2,11,12,13,14,16). The van der Waals surface area contributed by atoms with E-state index < -0.39 is 0 Å². The molecule has 0 saturated carbocycles. The molecule has 0 bridgehead atoms. The summed E-state index contributed by atoms with van der Waals surface area (Å²) in [5.41, 5.74) is 0.978. The number of hydrogen-bond donors (Lipinski definition) is 2. The third-order valence-corrected chi connectivity index (χ3v) is 2.54. The van der Waals surface area contributed by atoms with E-state index in [2.05, 4.69) is 20.4 Å². The molecule has 2 rings (SSSR count). The number of hydrogen-bond acceptors (Lipinski definition) is 4. The normalized spacial score (nSPS) is 10.8. The molecule has 17 heavy (non-hydrogen) atoms. The van der Waals surface area contributed by atoms with Gasteiger partial charge in [0.2, 0.25) is 11.9 Å². The molecule has 0 fully saturated rings. The van der Waals surface area contributed by atoms with Gasteiger partial charge in [-0.25, -0.2) is 4.98 Å². The zero-order chi connectivity index (χ0) is 12.6. The molecule has 0 aliphatic heterocycles. The van der Waals surface area contributed by atoms with E-state index in [1.165, 1.54) is 4.52 Å². The Kier molecular flexibility index (Phi) is 2.66. The second-order valence-corrected chi connectivity index (χ2v) is 3.74. The summed E-state index contributed by atoms with van der Waals surface area (Å²) in [5.74, 6) is 0.307. The Labute approximate surface area is 96.9 Å². The van der Waals surface area contributed by atoms with Crippen LogP contribution in [0.5, 0.6) is 0 Å². The molecule has 2 aromatic rings. The lowest BCUT2D eigenvalue weighted by Gasteiger charge is -1.97. The fraction of sp³-hybridized carbons (Fsp3) is 0.400. The highest BCUT2D eigenvalue weighted by Crippen LogP contribution is 2.04. The Morgan fingerprint density at radius 1 is 1.41 bits per heavy atom. The second kappa shape index (κ2) is 4.00. The molecule has 0 aromatic carbocycles. The van der Waals surface area contributed by atoms with Gasteiger partial charge in [-0.2, -0.15) is 9.50 Å². The molecule has 0 spiro atoms. The number of aryl methyl sites for hydroxylation is 1. The van der Waals surface area contributed by atoms with Crippen LogP contribution in [-0.4, -0.2) is 25.5 Å². The molecular formula is C10H13N5O2. The molecule has 0 saturated heterocycles. The van der Waals surface area contributed by atoms with E-state index in [1.54, 1.807) is 20.8 Å². The largest absolute Gasteiger partial charge is 0.295 e. The monoisotopic (exact) mass is 235 g/mol. The summed E-state index contributed by atoms with van der Waals surface area (Å²) in [6.45, 7) is 5.18. The van der Waals surface area contributed by atoms with Crippen molar-refractivity contribution in [3.8, 4) is 0 Å². The number of fused-ring (bicyclic) bond motifs is 1. The molecule has 0 unspecified atom stereocenters. The first-order valence-electron chi connectivity index (χ1n) is 5.28. The minimum Gasteiger partial charge on any atom is -0.295 e. The van der Waals surface area contributed by atoms with E-state index in [1.807, 2.05) is 0 Å². The van der Waals surface area contributed by atoms with Crippen LogP contribution in [0.2, 0.25) is 0 Å². The van der Waals surface area contributed by atoms with Crippen LogP contribution in [0.3, 0.4) is 0 Å². The van der Waals surface area contributed by atoms with Crippen LogP contribution in [-0.2, 0) is 4.79 Å². The van der Waals surface area contributed by atoms with Gasteiger partial charge >= 0.3 is 0 Å². The topological polar surface area (TPSA) is 92.2 Å². The quantitative estimate of drug-likeness (QED) is 0.787. The maximum atomic E-state index is 11.9. The zero-order valence-electron chi connectivity index (χ0n) is 9.87. The van der Waals surface area contributed by atoms with Crippen LogP contribution in [0.4, 0.5) is 5.95 Å². The van der Waals surface area contributed by atoms with Crippen molar-refractivity contribution in [1.29, 1.82) is 0 Å². The Bertz CT molecular complexity index is 640. The van der Waals surface area contributed by atoms with Crippen molar-refractivity contribution >= 4 is 17.6 Å². The molecule has 7 heteroatoms. The molecule has 0 aliphatic rings. The van der Waals surface area contributed by atoms with Gasteiger partial charge in [0, 0.05) is 17.7 Å². The average molecular weight is 235 g/mol. The molecule has 2 heterocycles. The fourth-order valence-corrected chi connectivity index (χ4v) is 1.38. The highest BCUT2D eigenvalue weighted by atomic mass is 16.2. The van der Waals surface area contributed by atoms with Crippen molar-refractivity contribution in [2.45, 2.75) is 27.2 Å². The molecule has 2 aromatic heterocycles. The van der Waals surface area contributed by atoms with Gasteiger partial charge < -0.3 is 0 Å². The summed E-state index contributed by atoms with van der Waals surface area (Å²) in [4.78, 5) is 31.2. The van der Waals surface area contributed by atoms with Gasteiger partial charge in [-0.15, -0.1) is 0 Å². The van der Waals surface area contributed by atoms with E-state index in [0.717, 1.165) is 0 Å². The summed E-state index contributed by atoms with van der Waals surface area (Å²) >= 11 is 0. The molecule has 0 atom stereocenters. The van der Waals surface area contributed by atoms with Crippen molar-refractivity contribution in [1.82, 2.24) is 19.6 Å². The summed E-state index contributed by atoms with van der Waals surface area (Å²) in [6, 6.07) is 0. The maximum Gasteiger partial charge on any atom is 0.277 e. The van der Waals surface area contributed by atoms with Crippen molar-refractivity contribution in [2.24, 2.45) is 0 Å². The second-order valence-electron chi connectivity index (χ2n) is 3.74. The summed E-state index contributed by atoms with van der Waals surface area (Å²) < 4.78 is 1.22. The number of aromatic amines is 1. The van der Waals surface area contributed by atoms with E-state index >= 15 is 0 Å².